The number of hydrogen-bond acceptors (Lipinski definition) is 4. The lowest BCUT2D eigenvalue weighted by atomic mass is 10.0. The molecular formula is C21H18FN4S+. The van der Waals surface area contributed by atoms with Gasteiger partial charge in [0.25, 0.3) is 5.84 Å². The summed E-state index contributed by atoms with van der Waals surface area (Å²) in [6, 6.07) is 8.57. The van der Waals surface area contributed by atoms with Crippen molar-refractivity contribution in [3.05, 3.63) is 70.3 Å². The molecule has 2 aromatic rings. The molecule has 4 nitrogen and oxygen atoms in total. The number of fused-ring (bicyclic) bond motifs is 1. The highest BCUT2D eigenvalue weighted by molar-refractivity contribution is 7.13. The van der Waals surface area contributed by atoms with Crippen LogP contribution >= 0.6 is 11.3 Å². The molecule has 0 aliphatic carbocycles. The molecule has 0 saturated carbocycles. The van der Waals surface area contributed by atoms with E-state index in [9.17, 15) is 4.39 Å². The van der Waals surface area contributed by atoms with Crippen molar-refractivity contribution in [3.8, 4) is 11.8 Å². The number of rotatable bonds is 1. The van der Waals surface area contributed by atoms with Gasteiger partial charge in [-0.05, 0) is 56.9 Å². The van der Waals surface area contributed by atoms with Crippen LogP contribution in [0.5, 0.6) is 0 Å². The minimum atomic E-state index is -0.525. The van der Waals surface area contributed by atoms with E-state index in [1.54, 1.807) is 23.5 Å². The monoisotopic (exact) mass is 377 g/mol. The molecule has 4 heterocycles. The number of hydrogen-bond donors (Lipinski definition) is 0. The average Bonchev–Trinajstić information content (AvgIpc) is 3.24. The molecular weight excluding hydrogens is 359 g/mol. The highest BCUT2D eigenvalue weighted by atomic mass is 32.1. The lowest BCUT2D eigenvalue weighted by Crippen LogP contribution is -2.56. The van der Waals surface area contributed by atoms with Crippen LogP contribution in [0.3, 0.4) is 0 Å². The molecule has 0 spiro atoms. The number of quaternary nitrogens is 1. The first-order chi connectivity index (χ1) is 12.9. The second-order valence-corrected chi connectivity index (χ2v) is 8.35. The Bertz CT molecular complexity index is 1090. The van der Waals surface area contributed by atoms with Gasteiger partial charge in [0, 0.05) is 0 Å². The van der Waals surface area contributed by atoms with E-state index in [2.05, 4.69) is 55.0 Å². The summed E-state index contributed by atoms with van der Waals surface area (Å²) < 4.78 is 13.7. The largest absolute Gasteiger partial charge is 0.256 e. The average molecular weight is 377 g/mol. The number of halogens is 1. The van der Waals surface area contributed by atoms with Gasteiger partial charge < -0.3 is 0 Å². The predicted molar refractivity (Wildman–Crippen MR) is 108 cm³/mol. The SMILES string of the molecule is CC(C)(C)[N+]12C=CN=CC1=NC(c1ccc(C#Cc3cccc(F)n3)s1)=C2. The van der Waals surface area contributed by atoms with Gasteiger partial charge in [-0.1, -0.05) is 6.07 Å². The summed E-state index contributed by atoms with van der Waals surface area (Å²) in [7, 11) is 0. The fraction of sp³-hybridized carbons (Fsp3) is 0.190. The molecule has 134 valence electrons. The molecule has 0 bridgehead atoms. The van der Waals surface area contributed by atoms with Crippen LogP contribution in [0, 0.1) is 17.8 Å². The molecule has 2 aliphatic rings. The number of aliphatic imine (C=N–C) groups is 2. The molecule has 2 aliphatic heterocycles. The molecule has 0 fully saturated rings. The maximum Gasteiger partial charge on any atom is 0.256 e. The van der Waals surface area contributed by atoms with Crippen molar-refractivity contribution in [2.24, 2.45) is 9.98 Å². The standard InChI is InChI=1S/C21H18FN4S/c1-21(2,3)26-12-11-23-13-20(26)25-17(14-26)18-10-9-16(27-18)8-7-15-5-4-6-19(22)24-15/h4-6,9-14H,1-3H3/q+1. The normalized spacial score (nSPS) is 20.6. The van der Waals surface area contributed by atoms with E-state index in [0.29, 0.717) is 10.2 Å². The fourth-order valence-corrected chi connectivity index (χ4v) is 3.83. The van der Waals surface area contributed by atoms with Gasteiger partial charge >= 0.3 is 0 Å². The Morgan fingerprint density at radius 1 is 1.11 bits per heavy atom. The van der Waals surface area contributed by atoms with Crippen LogP contribution in [0.25, 0.3) is 5.70 Å². The number of aromatic nitrogens is 1. The van der Waals surface area contributed by atoms with Crippen molar-refractivity contribution in [2.75, 3.05) is 0 Å². The van der Waals surface area contributed by atoms with Crippen molar-refractivity contribution < 1.29 is 8.87 Å². The number of nitrogens with zero attached hydrogens (tertiary/aromatic N) is 4. The quantitative estimate of drug-likeness (QED) is 0.408. The van der Waals surface area contributed by atoms with E-state index >= 15 is 0 Å². The first-order valence-corrected chi connectivity index (χ1v) is 9.35. The molecule has 0 aromatic carbocycles. The predicted octanol–water partition coefficient (Wildman–Crippen LogP) is 4.56. The van der Waals surface area contributed by atoms with E-state index in [-0.39, 0.29) is 5.54 Å². The first-order valence-electron chi connectivity index (χ1n) is 8.54. The van der Waals surface area contributed by atoms with Crippen molar-refractivity contribution in [1.82, 2.24) is 4.98 Å². The Labute approximate surface area is 161 Å². The summed E-state index contributed by atoms with van der Waals surface area (Å²) in [4.78, 5) is 14.7. The zero-order valence-corrected chi connectivity index (χ0v) is 16.1. The van der Waals surface area contributed by atoms with E-state index in [4.69, 9.17) is 4.99 Å². The molecule has 0 N–H and O–H groups in total. The van der Waals surface area contributed by atoms with Crippen LogP contribution in [0.4, 0.5) is 4.39 Å². The summed E-state index contributed by atoms with van der Waals surface area (Å²) in [5.41, 5.74) is 1.26. The maximum absolute atomic E-state index is 13.2. The minimum Gasteiger partial charge on any atom is -0.251 e. The maximum atomic E-state index is 13.2. The lowest BCUT2D eigenvalue weighted by Gasteiger charge is -2.39. The second kappa shape index (κ2) is 6.38. The third-order valence-corrected chi connectivity index (χ3v) is 5.54. The topological polar surface area (TPSA) is 37.6 Å². The number of pyridine rings is 1. The van der Waals surface area contributed by atoms with Crippen molar-refractivity contribution in [2.45, 2.75) is 26.3 Å². The van der Waals surface area contributed by atoms with Crippen LogP contribution in [0.2, 0.25) is 0 Å². The van der Waals surface area contributed by atoms with Gasteiger partial charge in [0.15, 0.2) is 0 Å². The molecule has 2 aromatic heterocycles. The van der Waals surface area contributed by atoms with Gasteiger partial charge in [0.1, 0.15) is 35.5 Å². The Kier molecular flexibility index (Phi) is 4.14. The van der Waals surface area contributed by atoms with E-state index < -0.39 is 5.95 Å². The molecule has 0 amide bonds. The van der Waals surface area contributed by atoms with Crippen molar-refractivity contribution in [1.29, 1.82) is 0 Å². The van der Waals surface area contributed by atoms with Crippen LogP contribution in [0.1, 0.15) is 36.2 Å². The van der Waals surface area contributed by atoms with Gasteiger partial charge in [-0.3, -0.25) is 4.99 Å². The molecule has 1 atom stereocenters. The minimum absolute atomic E-state index is 0.0769. The van der Waals surface area contributed by atoms with Crippen molar-refractivity contribution >= 4 is 29.1 Å². The van der Waals surface area contributed by atoms with E-state index in [1.165, 1.54) is 6.07 Å². The highest BCUT2D eigenvalue weighted by Gasteiger charge is 2.47. The first kappa shape index (κ1) is 17.5. The summed E-state index contributed by atoms with van der Waals surface area (Å²) in [6.45, 7) is 6.55. The van der Waals surface area contributed by atoms with Gasteiger partial charge in [0.05, 0.1) is 16.0 Å². The molecule has 27 heavy (non-hydrogen) atoms. The fourth-order valence-electron chi connectivity index (χ4n) is 3.02. The van der Waals surface area contributed by atoms with E-state index in [1.807, 2.05) is 24.5 Å². The Balaban J connectivity index is 1.66. The lowest BCUT2D eigenvalue weighted by molar-refractivity contribution is -0.783. The van der Waals surface area contributed by atoms with E-state index in [0.717, 1.165) is 21.3 Å². The Morgan fingerprint density at radius 2 is 1.96 bits per heavy atom. The zero-order valence-electron chi connectivity index (χ0n) is 15.3. The summed E-state index contributed by atoms with van der Waals surface area (Å²) in [6.07, 6.45) is 7.86. The van der Waals surface area contributed by atoms with Gasteiger partial charge in [0.2, 0.25) is 5.95 Å². The summed E-state index contributed by atoms with van der Waals surface area (Å²) >= 11 is 1.56. The third kappa shape index (κ3) is 3.16. The van der Waals surface area contributed by atoms with Gasteiger partial charge in [-0.25, -0.2) is 9.47 Å². The Hall–Kier alpha value is -2.88. The van der Waals surface area contributed by atoms with Gasteiger partial charge in [-0.15, -0.1) is 11.3 Å². The number of thiophene rings is 1. The summed E-state index contributed by atoms with van der Waals surface area (Å²) in [5.74, 6) is 6.34. The molecule has 6 heteroatoms. The number of amidine groups is 1. The van der Waals surface area contributed by atoms with Crippen LogP contribution in [-0.4, -0.2) is 27.1 Å². The van der Waals surface area contributed by atoms with Crippen molar-refractivity contribution in [3.63, 3.8) is 0 Å². The Morgan fingerprint density at radius 3 is 2.70 bits per heavy atom. The van der Waals surface area contributed by atoms with Crippen LogP contribution in [-0.2, 0) is 0 Å². The smallest absolute Gasteiger partial charge is 0.251 e. The molecule has 0 radical (unpaired) electrons. The third-order valence-electron chi connectivity index (χ3n) is 4.52. The van der Waals surface area contributed by atoms with Gasteiger partial charge in [-0.2, -0.15) is 9.38 Å². The molecule has 1 unspecified atom stereocenters. The highest BCUT2D eigenvalue weighted by Crippen LogP contribution is 2.39. The second-order valence-electron chi connectivity index (χ2n) is 7.27. The van der Waals surface area contributed by atoms with Crippen LogP contribution < -0.4 is 0 Å². The van der Waals surface area contributed by atoms with Crippen LogP contribution in [0.15, 0.2) is 58.9 Å². The molecule has 0 saturated heterocycles. The summed E-state index contributed by atoms with van der Waals surface area (Å²) in [5, 5.41) is 0. The zero-order chi connectivity index (χ0) is 19.1. The molecule has 4 rings (SSSR count).